The van der Waals surface area contributed by atoms with E-state index in [0.29, 0.717) is 36.1 Å². The molecule has 1 amide bonds. The van der Waals surface area contributed by atoms with Gasteiger partial charge in [-0.2, -0.15) is 0 Å². The van der Waals surface area contributed by atoms with Crippen LogP contribution >= 0.6 is 11.6 Å². The number of nitrogen functional groups attached to an aromatic ring is 1. The van der Waals surface area contributed by atoms with Crippen LogP contribution in [0.5, 0.6) is 5.75 Å². The lowest BCUT2D eigenvalue weighted by Gasteiger charge is -2.43. The third-order valence-electron chi connectivity index (χ3n) is 6.51. The third kappa shape index (κ3) is 4.66. The van der Waals surface area contributed by atoms with Gasteiger partial charge in [-0.3, -0.25) is 0 Å². The molecule has 182 valence electrons. The number of fused-ring (bicyclic) bond motifs is 2. The minimum atomic E-state index is -0.493. The SMILES string of the molecule is CC(C)(C)OC(=O)N1CC(Oc2cccc(N3[C@@H]4CC[C@H]3CN(c3cc(Cl)nnc3N)C4)c2)C1. The Morgan fingerprint density at radius 2 is 1.79 bits per heavy atom. The summed E-state index contributed by atoms with van der Waals surface area (Å²) in [6.07, 6.45) is 1.92. The van der Waals surface area contributed by atoms with Gasteiger partial charge in [-0.1, -0.05) is 17.7 Å². The number of amides is 1. The molecular formula is C24H31ClN6O3. The first-order valence-electron chi connectivity index (χ1n) is 11.7. The molecule has 34 heavy (non-hydrogen) atoms. The molecule has 0 aliphatic carbocycles. The lowest BCUT2D eigenvalue weighted by Crippen LogP contribution is -2.57. The van der Waals surface area contributed by atoms with Gasteiger partial charge >= 0.3 is 6.09 Å². The first-order valence-corrected chi connectivity index (χ1v) is 12.1. The van der Waals surface area contributed by atoms with Crippen LogP contribution in [0.15, 0.2) is 30.3 Å². The number of anilines is 3. The molecule has 4 heterocycles. The van der Waals surface area contributed by atoms with Crippen LogP contribution in [0.3, 0.4) is 0 Å². The van der Waals surface area contributed by atoms with Crippen LogP contribution in [0.1, 0.15) is 33.6 Å². The zero-order valence-corrected chi connectivity index (χ0v) is 20.5. The summed E-state index contributed by atoms with van der Waals surface area (Å²) in [6.45, 7) is 8.38. The van der Waals surface area contributed by atoms with E-state index in [9.17, 15) is 4.79 Å². The van der Waals surface area contributed by atoms with Crippen molar-refractivity contribution in [1.29, 1.82) is 0 Å². The van der Waals surface area contributed by atoms with Crippen molar-refractivity contribution in [1.82, 2.24) is 15.1 Å². The number of hydrogen-bond donors (Lipinski definition) is 1. The van der Waals surface area contributed by atoms with Crippen molar-refractivity contribution >= 4 is 34.9 Å². The fourth-order valence-corrected chi connectivity index (χ4v) is 5.18. The van der Waals surface area contributed by atoms with E-state index in [2.05, 4.69) is 32.1 Å². The van der Waals surface area contributed by atoms with Gasteiger partial charge in [0.2, 0.25) is 0 Å². The summed E-state index contributed by atoms with van der Waals surface area (Å²) in [5.74, 6) is 1.23. The summed E-state index contributed by atoms with van der Waals surface area (Å²) < 4.78 is 11.6. The molecule has 0 spiro atoms. The molecule has 1 aromatic carbocycles. The highest BCUT2D eigenvalue weighted by atomic mass is 35.5. The summed E-state index contributed by atoms with van der Waals surface area (Å²) in [5, 5.41) is 8.17. The van der Waals surface area contributed by atoms with Crippen molar-refractivity contribution < 1.29 is 14.3 Å². The van der Waals surface area contributed by atoms with E-state index in [0.717, 1.165) is 43.1 Å². The summed E-state index contributed by atoms with van der Waals surface area (Å²) >= 11 is 6.07. The second-order valence-electron chi connectivity index (χ2n) is 10.3. The summed E-state index contributed by atoms with van der Waals surface area (Å²) in [4.78, 5) is 18.6. The Hall–Kier alpha value is -2.94. The molecule has 0 radical (unpaired) electrons. The van der Waals surface area contributed by atoms with Gasteiger partial charge in [-0.25, -0.2) is 4.79 Å². The molecule has 1 aromatic heterocycles. The standard InChI is InChI=1S/C24H31ClN6O3/c1-24(2,3)34-23(32)30-13-19(14-30)33-18-6-4-5-15(9-18)31-16-7-8-17(31)12-29(11-16)20-10-21(25)27-28-22(20)26/h4-6,9-10,16-17,19H,7-8,11-14H2,1-3H3,(H2,26,28)/t16-,17+. The number of piperazine rings is 1. The van der Waals surface area contributed by atoms with Gasteiger partial charge in [0.25, 0.3) is 0 Å². The second kappa shape index (κ2) is 8.69. The smallest absolute Gasteiger partial charge is 0.410 e. The number of carbonyl (C=O) groups is 1. The Labute approximate surface area is 204 Å². The van der Waals surface area contributed by atoms with Crippen molar-refractivity contribution in [3.05, 3.63) is 35.5 Å². The number of carbonyl (C=O) groups excluding carboxylic acids is 1. The molecule has 3 fully saturated rings. The van der Waals surface area contributed by atoms with E-state index >= 15 is 0 Å². The van der Waals surface area contributed by atoms with E-state index in [1.165, 1.54) is 0 Å². The number of likely N-dealkylation sites (tertiary alicyclic amines) is 1. The second-order valence-corrected chi connectivity index (χ2v) is 10.6. The van der Waals surface area contributed by atoms with Crippen LogP contribution < -0.4 is 20.3 Å². The number of ether oxygens (including phenoxy) is 2. The van der Waals surface area contributed by atoms with E-state index in [1.807, 2.05) is 32.9 Å². The summed E-state index contributed by atoms with van der Waals surface area (Å²) in [5.41, 5.74) is 7.60. The average molecular weight is 487 g/mol. The molecule has 3 saturated heterocycles. The van der Waals surface area contributed by atoms with E-state index in [4.69, 9.17) is 26.8 Å². The predicted molar refractivity (Wildman–Crippen MR) is 132 cm³/mol. The van der Waals surface area contributed by atoms with E-state index in [1.54, 1.807) is 11.0 Å². The fraction of sp³-hybridized carbons (Fsp3) is 0.542. The summed E-state index contributed by atoms with van der Waals surface area (Å²) in [7, 11) is 0. The zero-order chi connectivity index (χ0) is 24.0. The lowest BCUT2D eigenvalue weighted by molar-refractivity contribution is -0.0221. The number of halogens is 1. The molecule has 3 aliphatic rings. The number of nitrogens with zero attached hydrogens (tertiary/aromatic N) is 5. The minimum Gasteiger partial charge on any atom is -0.487 e. The highest BCUT2D eigenvalue weighted by molar-refractivity contribution is 6.29. The van der Waals surface area contributed by atoms with Crippen molar-refractivity contribution in [2.24, 2.45) is 0 Å². The average Bonchev–Trinajstić information content (AvgIpc) is 3.00. The predicted octanol–water partition coefficient (Wildman–Crippen LogP) is 3.57. The van der Waals surface area contributed by atoms with Crippen LogP contribution in [-0.4, -0.2) is 71.2 Å². The Morgan fingerprint density at radius 1 is 1.09 bits per heavy atom. The Bertz CT molecular complexity index is 1060. The topological polar surface area (TPSA) is 97.0 Å². The Balaban J connectivity index is 1.22. The molecule has 2 bridgehead atoms. The fourth-order valence-electron chi connectivity index (χ4n) is 5.04. The van der Waals surface area contributed by atoms with Gasteiger partial charge < -0.3 is 29.9 Å². The van der Waals surface area contributed by atoms with Crippen LogP contribution in [0.2, 0.25) is 5.15 Å². The van der Waals surface area contributed by atoms with Gasteiger partial charge in [-0.15, -0.1) is 10.2 Å². The molecule has 0 saturated carbocycles. The van der Waals surface area contributed by atoms with Gasteiger partial charge in [-0.05, 0) is 45.7 Å². The number of rotatable bonds is 4. The number of hydrogen-bond acceptors (Lipinski definition) is 8. The Morgan fingerprint density at radius 3 is 2.47 bits per heavy atom. The number of aromatic nitrogens is 2. The lowest BCUT2D eigenvalue weighted by atomic mass is 10.1. The van der Waals surface area contributed by atoms with Crippen LogP contribution in [0.4, 0.5) is 22.0 Å². The Kier molecular flexibility index (Phi) is 5.83. The number of nitrogens with two attached hydrogens (primary N) is 1. The van der Waals surface area contributed by atoms with Crippen LogP contribution in [0.25, 0.3) is 0 Å². The van der Waals surface area contributed by atoms with E-state index in [-0.39, 0.29) is 12.2 Å². The largest absolute Gasteiger partial charge is 0.487 e. The first-order chi connectivity index (χ1) is 16.2. The van der Waals surface area contributed by atoms with Gasteiger partial charge in [0.1, 0.15) is 17.5 Å². The highest BCUT2D eigenvalue weighted by Gasteiger charge is 2.41. The maximum Gasteiger partial charge on any atom is 0.410 e. The van der Waals surface area contributed by atoms with Gasteiger partial charge in [0.05, 0.1) is 18.8 Å². The molecule has 10 heteroatoms. The first kappa shape index (κ1) is 22.8. The third-order valence-corrected chi connectivity index (χ3v) is 6.70. The monoisotopic (exact) mass is 486 g/mol. The maximum absolute atomic E-state index is 12.2. The zero-order valence-electron chi connectivity index (χ0n) is 19.8. The normalized spacial score (nSPS) is 22.5. The maximum atomic E-state index is 12.2. The number of benzene rings is 1. The van der Waals surface area contributed by atoms with E-state index < -0.39 is 5.60 Å². The van der Waals surface area contributed by atoms with Gasteiger partial charge in [0.15, 0.2) is 11.0 Å². The minimum absolute atomic E-state index is 0.0248. The molecular weight excluding hydrogens is 456 g/mol. The highest BCUT2D eigenvalue weighted by Crippen LogP contribution is 2.39. The molecule has 3 aliphatic heterocycles. The summed E-state index contributed by atoms with van der Waals surface area (Å²) in [6, 6.07) is 10.8. The van der Waals surface area contributed by atoms with Crippen LogP contribution in [0, 0.1) is 0 Å². The molecule has 2 aromatic rings. The van der Waals surface area contributed by atoms with Crippen molar-refractivity contribution in [3.8, 4) is 5.75 Å². The molecule has 2 atom stereocenters. The quantitative estimate of drug-likeness (QED) is 0.700. The molecule has 9 nitrogen and oxygen atoms in total. The molecule has 2 N–H and O–H groups in total. The molecule has 5 rings (SSSR count). The van der Waals surface area contributed by atoms with Crippen LogP contribution in [-0.2, 0) is 4.74 Å². The molecule has 0 unspecified atom stereocenters. The van der Waals surface area contributed by atoms with Crippen molar-refractivity contribution in [3.63, 3.8) is 0 Å². The van der Waals surface area contributed by atoms with Crippen molar-refractivity contribution in [2.45, 2.75) is 57.4 Å². The van der Waals surface area contributed by atoms with Gasteiger partial charge in [0, 0.05) is 43.0 Å². The van der Waals surface area contributed by atoms with Crippen molar-refractivity contribution in [2.75, 3.05) is 41.7 Å².